The van der Waals surface area contributed by atoms with Crippen molar-refractivity contribution >= 4 is 33.2 Å². The standard InChI is InChI=1S/C18H21BrO3S/c1-11(4-5-15-6-7-16(23-15)18(20)21)10-22-14-8-12(2)17(19)13(3)9-14/h6-9,11H,4-5,10H2,1-3H3,(H,20,21). The zero-order valence-corrected chi connectivity index (χ0v) is 16.0. The van der Waals surface area contributed by atoms with Crippen molar-refractivity contribution in [3.63, 3.8) is 0 Å². The smallest absolute Gasteiger partial charge is 0.345 e. The first-order chi connectivity index (χ1) is 10.9. The van der Waals surface area contributed by atoms with Crippen LogP contribution in [0.2, 0.25) is 0 Å². The number of carboxylic acids is 1. The molecule has 0 spiro atoms. The molecule has 0 radical (unpaired) electrons. The average molecular weight is 397 g/mol. The van der Waals surface area contributed by atoms with Crippen molar-refractivity contribution in [2.45, 2.75) is 33.6 Å². The molecule has 5 heteroatoms. The van der Waals surface area contributed by atoms with Crippen LogP contribution >= 0.6 is 27.3 Å². The summed E-state index contributed by atoms with van der Waals surface area (Å²) in [5, 5.41) is 8.94. The summed E-state index contributed by atoms with van der Waals surface area (Å²) in [6.07, 6.45) is 1.87. The van der Waals surface area contributed by atoms with Crippen LogP contribution in [0.25, 0.3) is 0 Å². The highest BCUT2D eigenvalue weighted by Gasteiger charge is 2.10. The van der Waals surface area contributed by atoms with E-state index in [1.807, 2.05) is 18.2 Å². The number of carboxylic acid groups (broad SMARTS) is 1. The molecule has 0 fully saturated rings. The van der Waals surface area contributed by atoms with Crippen molar-refractivity contribution in [3.05, 3.63) is 49.6 Å². The van der Waals surface area contributed by atoms with E-state index in [9.17, 15) is 4.79 Å². The maximum Gasteiger partial charge on any atom is 0.345 e. The Balaban J connectivity index is 1.83. The molecule has 1 heterocycles. The molecule has 0 saturated heterocycles. The molecule has 0 bridgehead atoms. The number of aryl methyl sites for hydroxylation is 3. The first-order valence-electron chi connectivity index (χ1n) is 7.58. The lowest BCUT2D eigenvalue weighted by Crippen LogP contribution is -2.09. The Bertz CT molecular complexity index is 670. The van der Waals surface area contributed by atoms with Crippen molar-refractivity contribution in [3.8, 4) is 5.75 Å². The van der Waals surface area contributed by atoms with Crippen molar-refractivity contribution in [2.24, 2.45) is 5.92 Å². The van der Waals surface area contributed by atoms with E-state index in [1.165, 1.54) is 22.5 Å². The molecular formula is C18H21BrO3S. The van der Waals surface area contributed by atoms with Crippen molar-refractivity contribution < 1.29 is 14.6 Å². The van der Waals surface area contributed by atoms with Gasteiger partial charge in [-0.3, -0.25) is 0 Å². The van der Waals surface area contributed by atoms with Crippen LogP contribution in [0.3, 0.4) is 0 Å². The second-order valence-corrected chi connectivity index (χ2v) is 7.86. The molecule has 23 heavy (non-hydrogen) atoms. The summed E-state index contributed by atoms with van der Waals surface area (Å²) in [4.78, 5) is 12.4. The number of benzene rings is 1. The molecule has 1 aromatic carbocycles. The molecule has 0 saturated carbocycles. The van der Waals surface area contributed by atoms with Crippen molar-refractivity contribution in [1.29, 1.82) is 0 Å². The van der Waals surface area contributed by atoms with Gasteiger partial charge in [-0.1, -0.05) is 22.9 Å². The summed E-state index contributed by atoms with van der Waals surface area (Å²) in [7, 11) is 0. The Morgan fingerprint density at radius 3 is 2.52 bits per heavy atom. The van der Waals surface area contributed by atoms with E-state index in [0.717, 1.165) is 27.9 Å². The average Bonchev–Trinajstić information content (AvgIpc) is 2.97. The van der Waals surface area contributed by atoms with E-state index in [4.69, 9.17) is 9.84 Å². The van der Waals surface area contributed by atoms with Crippen LogP contribution in [0.4, 0.5) is 0 Å². The lowest BCUT2D eigenvalue weighted by molar-refractivity contribution is 0.0702. The van der Waals surface area contributed by atoms with Gasteiger partial charge in [0.05, 0.1) is 6.61 Å². The minimum atomic E-state index is -0.849. The third kappa shape index (κ3) is 5.08. The van der Waals surface area contributed by atoms with Gasteiger partial charge in [0.2, 0.25) is 0 Å². The Kier molecular flexibility index (Phi) is 6.25. The fraction of sp³-hybridized carbons (Fsp3) is 0.389. The van der Waals surface area contributed by atoms with E-state index in [2.05, 4.69) is 36.7 Å². The SMILES string of the molecule is Cc1cc(OCC(C)CCc2ccc(C(=O)O)s2)cc(C)c1Br. The third-order valence-electron chi connectivity index (χ3n) is 3.70. The number of halogens is 1. The number of ether oxygens (including phenoxy) is 1. The van der Waals surface area contributed by atoms with Gasteiger partial charge in [-0.05, 0) is 68.0 Å². The minimum Gasteiger partial charge on any atom is -0.493 e. The molecular weight excluding hydrogens is 376 g/mol. The van der Waals surface area contributed by atoms with Gasteiger partial charge in [0.1, 0.15) is 10.6 Å². The van der Waals surface area contributed by atoms with E-state index >= 15 is 0 Å². The second-order valence-electron chi connectivity index (χ2n) is 5.90. The van der Waals surface area contributed by atoms with Crippen LogP contribution in [0.5, 0.6) is 5.75 Å². The zero-order chi connectivity index (χ0) is 17.0. The number of rotatable bonds is 7. The molecule has 0 amide bonds. The Labute approximate surface area is 149 Å². The number of aromatic carboxylic acids is 1. The summed E-state index contributed by atoms with van der Waals surface area (Å²) in [5.74, 6) is 0.465. The summed E-state index contributed by atoms with van der Waals surface area (Å²) < 4.78 is 7.03. The lowest BCUT2D eigenvalue weighted by atomic mass is 10.1. The van der Waals surface area contributed by atoms with Gasteiger partial charge in [0.15, 0.2) is 0 Å². The van der Waals surface area contributed by atoms with Gasteiger partial charge in [0, 0.05) is 9.35 Å². The molecule has 0 aliphatic rings. The van der Waals surface area contributed by atoms with Crippen LogP contribution in [0, 0.1) is 19.8 Å². The van der Waals surface area contributed by atoms with E-state index in [1.54, 1.807) is 6.07 Å². The number of thiophene rings is 1. The maximum absolute atomic E-state index is 10.9. The van der Waals surface area contributed by atoms with E-state index in [0.29, 0.717) is 17.4 Å². The highest BCUT2D eigenvalue weighted by Crippen LogP contribution is 2.27. The molecule has 0 aliphatic carbocycles. The molecule has 124 valence electrons. The number of hydrogen-bond acceptors (Lipinski definition) is 3. The van der Waals surface area contributed by atoms with Gasteiger partial charge in [-0.15, -0.1) is 11.3 Å². The quantitative estimate of drug-likeness (QED) is 0.674. The van der Waals surface area contributed by atoms with Crippen LogP contribution in [0.15, 0.2) is 28.7 Å². The minimum absolute atomic E-state index is 0.407. The molecule has 1 atom stereocenters. The highest BCUT2D eigenvalue weighted by atomic mass is 79.9. The highest BCUT2D eigenvalue weighted by molar-refractivity contribution is 9.10. The predicted molar refractivity (Wildman–Crippen MR) is 97.9 cm³/mol. The first kappa shape index (κ1) is 18.0. The Hall–Kier alpha value is -1.33. The molecule has 1 unspecified atom stereocenters. The van der Waals surface area contributed by atoms with Crippen LogP contribution in [-0.2, 0) is 6.42 Å². The molecule has 2 rings (SSSR count). The van der Waals surface area contributed by atoms with Gasteiger partial charge < -0.3 is 9.84 Å². The van der Waals surface area contributed by atoms with Crippen molar-refractivity contribution in [2.75, 3.05) is 6.61 Å². The van der Waals surface area contributed by atoms with Gasteiger partial charge >= 0.3 is 5.97 Å². The van der Waals surface area contributed by atoms with Crippen LogP contribution in [0.1, 0.15) is 39.0 Å². The number of carbonyl (C=O) groups is 1. The summed E-state index contributed by atoms with van der Waals surface area (Å²) in [6, 6.07) is 7.67. The topological polar surface area (TPSA) is 46.5 Å². The van der Waals surface area contributed by atoms with Crippen LogP contribution < -0.4 is 4.74 Å². The maximum atomic E-state index is 10.9. The molecule has 3 nitrogen and oxygen atoms in total. The number of hydrogen-bond donors (Lipinski definition) is 1. The fourth-order valence-corrected chi connectivity index (χ4v) is 3.42. The molecule has 1 N–H and O–H groups in total. The Morgan fingerprint density at radius 1 is 1.30 bits per heavy atom. The molecule has 0 aliphatic heterocycles. The second kappa shape index (κ2) is 7.97. The zero-order valence-electron chi connectivity index (χ0n) is 13.6. The summed E-state index contributed by atoms with van der Waals surface area (Å²) >= 11 is 4.92. The van der Waals surface area contributed by atoms with Gasteiger partial charge in [0.25, 0.3) is 0 Å². The predicted octanol–water partition coefficient (Wildman–Crippen LogP) is 5.47. The monoisotopic (exact) mass is 396 g/mol. The summed E-state index contributed by atoms with van der Waals surface area (Å²) in [6.45, 7) is 6.94. The summed E-state index contributed by atoms with van der Waals surface area (Å²) in [5.41, 5.74) is 2.35. The Morgan fingerprint density at radius 2 is 1.96 bits per heavy atom. The fourth-order valence-electron chi connectivity index (χ4n) is 2.33. The van der Waals surface area contributed by atoms with Gasteiger partial charge in [-0.2, -0.15) is 0 Å². The van der Waals surface area contributed by atoms with E-state index < -0.39 is 5.97 Å². The molecule has 2 aromatic rings. The first-order valence-corrected chi connectivity index (χ1v) is 9.19. The van der Waals surface area contributed by atoms with Crippen molar-refractivity contribution in [1.82, 2.24) is 0 Å². The van der Waals surface area contributed by atoms with Crippen LogP contribution in [-0.4, -0.2) is 17.7 Å². The normalized spacial score (nSPS) is 12.2. The third-order valence-corrected chi connectivity index (χ3v) is 6.08. The molecule has 1 aromatic heterocycles. The lowest BCUT2D eigenvalue weighted by Gasteiger charge is -2.14. The van der Waals surface area contributed by atoms with E-state index in [-0.39, 0.29) is 0 Å². The van der Waals surface area contributed by atoms with Gasteiger partial charge in [-0.25, -0.2) is 4.79 Å². The largest absolute Gasteiger partial charge is 0.493 e.